The van der Waals surface area contributed by atoms with Gasteiger partial charge >= 0.3 is 5.97 Å². The number of phenols is 1. The predicted octanol–water partition coefficient (Wildman–Crippen LogP) is 5.76. The van der Waals surface area contributed by atoms with E-state index in [4.69, 9.17) is 14.6 Å². The number of aromatic hydroxyl groups is 1. The van der Waals surface area contributed by atoms with Gasteiger partial charge in [0, 0.05) is 23.5 Å². The Morgan fingerprint density at radius 1 is 1.00 bits per heavy atom. The van der Waals surface area contributed by atoms with Gasteiger partial charge in [0.05, 0.1) is 12.7 Å². The number of fused-ring (bicyclic) bond motifs is 1. The Morgan fingerprint density at radius 3 is 2.58 bits per heavy atom. The zero-order chi connectivity index (χ0) is 21.6. The number of hydrogen-bond donors (Lipinski definition) is 2. The summed E-state index contributed by atoms with van der Waals surface area (Å²) in [5.41, 5.74) is 1.68. The second-order valence-corrected chi connectivity index (χ2v) is 7.79. The smallest absolute Gasteiger partial charge is 0.303 e. The summed E-state index contributed by atoms with van der Waals surface area (Å²) in [7, 11) is 0. The first kappa shape index (κ1) is 21.1. The monoisotopic (exact) mass is 418 g/mol. The van der Waals surface area contributed by atoms with E-state index < -0.39 is 12.3 Å². The minimum absolute atomic E-state index is 0.00563. The van der Waals surface area contributed by atoms with E-state index in [0.29, 0.717) is 19.4 Å². The van der Waals surface area contributed by atoms with Crippen LogP contribution in [-0.4, -0.2) is 22.8 Å². The van der Waals surface area contributed by atoms with Crippen molar-refractivity contribution in [3.05, 3.63) is 90.0 Å². The quantitative estimate of drug-likeness (QED) is 0.477. The highest BCUT2D eigenvalue weighted by atomic mass is 16.7. The largest absolute Gasteiger partial charge is 0.508 e. The van der Waals surface area contributed by atoms with Gasteiger partial charge in [0.2, 0.25) is 0 Å². The van der Waals surface area contributed by atoms with E-state index in [1.54, 1.807) is 12.1 Å². The fourth-order valence-corrected chi connectivity index (χ4v) is 3.95. The molecule has 3 aromatic rings. The molecule has 0 spiro atoms. The standard InChI is InChI=1S/C26H26O5/c27-23-12-7-6-11-22(23)25-21(10-2-1-3-13-24(28)29)17-30-26(31-25)20-15-14-18-8-4-5-9-19(18)16-20/h1-2,4-9,11-12,14-16,21,25-27H,3,10,13,17H2,(H,28,29). The van der Waals surface area contributed by atoms with E-state index in [-0.39, 0.29) is 24.2 Å². The summed E-state index contributed by atoms with van der Waals surface area (Å²) in [6.45, 7) is 0.472. The Labute approximate surface area is 181 Å². The number of allylic oxidation sites excluding steroid dienone is 2. The highest BCUT2D eigenvalue weighted by molar-refractivity contribution is 5.83. The SMILES string of the molecule is O=C(O)CCC=CCC1COC(c2ccc3ccccc3c2)OC1c1ccccc1O. The lowest BCUT2D eigenvalue weighted by Gasteiger charge is -2.37. The minimum atomic E-state index is -0.806. The molecule has 160 valence electrons. The van der Waals surface area contributed by atoms with Crippen LogP contribution in [0.25, 0.3) is 10.8 Å². The van der Waals surface area contributed by atoms with Crippen molar-refractivity contribution in [2.45, 2.75) is 31.7 Å². The maximum atomic E-state index is 10.7. The summed E-state index contributed by atoms with van der Waals surface area (Å²) in [4.78, 5) is 10.7. The summed E-state index contributed by atoms with van der Waals surface area (Å²) >= 11 is 0. The van der Waals surface area contributed by atoms with Crippen LogP contribution in [0.4, 0.5) is 0 Å². The topological polar surface area (TPSA) is 76.0 Å². The second-order valence-electron chi connectivity index (χ2n) is 7.79. The zero-order valence-electron chi connectivity index (χ0n) is 17.2. The molecule has 1 heterocycles. The Kier molecular flexibility index (Phi) is 6.65. The molecule has 4 rings (SSSR count). The molecule has 1 saturated heterocycles. The molecular formula is C26H26O5. The molecule has 31 heavy (non-hydrogen) atoms. The minimum Gasteiger partial charge on any atom is -0.508 e. The van der Waals surface area contributed by atoms with E-state index in [1.165, 1.54) is 0 Å². The van der Waals surface area contributed by atoms with Crippen molar-refractivity contribution in [1.29, 1.82) is 0 Å². The molecule has 5 nitrogen and oxygen atoms in total. The number of phenolic OH excluding ortho intramolecular Hbond substituents is 1. The second kappa shape index (κ2) is 9.77. The molecule has 1 aliphatic rings. The van der Waals surface area contributed by atoms with E-state index >= 15 is 0 Å². The first-order valence-electron chi connectivity index (χ1n) is 10.5. The number of benzene rings is 3. The normalized spacial score (nSPS) is 21.5. The number of ether oxygens (including phenoxy) is 2. The van der Waals surface area contributed by atoms with Gasteiger partial charge in [-0.2, -0.15) is 0 Å². The lowest BCUT2D eigenvalue weighted by atomic mass is 9.91. The Balaban J connectivity index is 1.54. The number of carboxylic acids is 1. The van der Waals surface area contributed by atoms with Gasteiger partial charge in [-0.3, -0.25) is 4.79 Å². The third kappa shape index (κ3) is 5.13. The number of hydrogen-bond acceptors (Lipinski definition) is 4. The van der Waals surface area contributed by atoms with Crippen molar-refractivity contribution < 1.29 is 24.5 Å². The molecule has 1 aliphatic heterocycles. The maximum Gasteiger partial charge on any atom is 0.303 e. The first-order valence-corrected chi connectivity index (χ1v) is 10.5. The van der Waals surface area contributed by atoms with Gasteiger partial charge in [-0.25, -0.2) is 0 Å². The average molecular weight is 418 g/mol. The fraction of sp³-hybridized carbons (Fsp3) is 0.269. The number of rotatable bonds is 7. The van der Waals surface area contributed by atoms with E-state index in [0.717, 1.165) is 21.9 Å². The lowest BCUT2D eigenvalue weighted by molar-refractivity contribution is -0.244. The molecule has 0 bridgehead atoms. The third-order valence-electron chi connectivity index (χ3n) is 5.58. The van der Waals surface area contributed by atoms with Crippen molar-refractivity contribution in [3.63, 3.8) is 0 Å². The van der Waals surface area contributed by atoms with Crippen LogP contribution in [0.2, 0.25) is 0 Å². The molecule has 0 radical (unpaired) electrons. The summed E-state index contributed by atoms with van der Waals surface area (Å²) in [6.07, 6.45) is 4.27. The molecular weight excluding hydrogens is 392 g/mol. The van der Waals surface area contributed by atoms with E-state index in [1.807, 2.05) is 42.5 Å². The van der Waals surface area contributed by atoms with Crippen LogP contribution in [0.15, 0.2) is 78.9 Å². The van der Waals surface area contributed by atoms with Crippen molar-refractivity contribution in [2.24, 2.45) is 5.92 Å². The van der Waals surface area contributed by atoms with Gasteiger partial charge < -0.3 is 19.7 Å². The molecule has 3 aromatic carbocycles. The molecule has 0 amide bonds. The van der Waals surface area contributed by atoms with Crippen LogP contribution in [0.5, 0.6) is 5.75 Å². The van der Waals surface area contributed by atoms with Gasteiger partial charge in [0.1, 0.15) is 5.75 Å². The van der Waals surface area contributed by atoms with Gasteiger partial charge in [-0.05, 0) is 35.7 Å². The Morgan fingerprint density at radius 2 is 1.77 bits per heavy atom. The van der Waals surface area contributed by atoms with Gasteiger partial charge in [0.25, 0.3) is 0 Å². The average Bonchev–Trinajstić information content (AvgIpc) is 2.79. The molecule has 0 aromatic heterocycles. The van der Waals surface area contributed by atoms with Gasteiger partial charge in [-0.1, -0.05) is 66.7 Å². The van der Waals surface area contributed by atoms with Crippen LogP contribution in [-0.2, 0) is 14.3 Å². The van der Waals surface area contributed by atoms with Crippen molar-refractivity contribution in [3.8, 4) is 5.75 Å². The highest BCUT2D eigenvalue weighted by Crippen LogP contribution is 2.42. The van der Waals surface area contributed by atoms with Crippen LogP contribution in [0.1, 0.15) is 42.8 Å². The van der Waals surface area contributed by atoms with Crippen molar-refractivity contribution in [1.82, 2.24) is 0 Å². The lowest BCUT2D eigenvalue weighted by Crippen LogP contribution is -2.30. The molecule has 3 atom stereocenters. The van der Waals surface area contributed by atoms with Crippen molar-refractivity contribution >= 4 is 16.7 Å². The van der Waals surface area contributed by atoms with Crippen LogP contribution in [0.3, 0.4) is 0 Å². The molecule has 1 fully saturated rings. The summed E-state index contributed by atoms with van der Waals surface area (Å²) in [5, 5.41) is 21.5. The molecule has 2 N–H and O–H groups in total. The van der Waals surface area contributed by atoms with Crippen molar-refractivity contribution in [2.75, 3.05) is 6.61 Å². The zero-order valence-corrected chi connectivity index (χ0v) is 17.2. The molecule has 0 aliphatic carbocycles. The summed E-state index contributed by atoms with van der Waals surface area (Å²) < 4.78 is 12.5. The summed E-state index contributed by atoms with van der Waals surface area (Å²) in [6, 6.07) is 21.5. The first-order chi connectivity index (χ1) is 15.1. The van der Waals surface area contributed by atoms with Gasteiger partial charge in [-0.15, -0.1) is 0 Å². The van der Waals surface area contributed by atoms with E-state index in [2.05, 4.69) is 24.3 Å². The van der Waals surface area contributed by atoms with Crippen LogP contribution >= 0.6 is 0 Å². The third-order valence-corrected chi connectivity index (χ3v) is 5.58. The maximum absolute atomic E-state index is 10.7. The number of carbonyl (C=O) groups is 1. The predicted molar refractivity (Wildman–Crippen MR) is 119 cm³/mol. The molecule has 3 unspecified atom stereocenters. The Hall–Kier alpha value is -3.15. The Bertz CT molecular complexity index is 1070. The fourth-order valence-electron chi connectivity index (χ4n) is 3.95. The number of aliphatic carboxylic acids is 1. The van der Waals surface area contributed by atoms with Gasteiger partial charge in [0.15, 0.2) is 6.29 Å². The highest BCUT2D eigenvalue weighted by Gasteiger charge is 2.34. The number of para-hydroxylation sites is 1. The summed E-state index contributed by atoms with van der Waals surface area (Å²) in [5.74, 6) is -0.600. The molecule has 5 heteroatoms. The van der Waals surface area contributed by atoms with Crippen LogP contribution in [0, 0.1) is 5.92 Å². The number of carboxylic acid groups (broad SMARTS) is 1. The molecule has 0 saturated carbocycles. The van der Waals surface area contributed by atoms with E-state index in [9.17, 15) is 9.90 Å². The van der Waals surface area contributed by atoms with Crippen LogP contribution < -0.4 is 0 Å².